The number of hydrogen-bond acceptors (Lipinski definition) is 9. The van der Waals surface area contributed by atoms with Gasteiger partial charge in [0.1, 0.15) is 39.3 Å². The highest BCUT2D eigenvalue weighted by Crippen LogP contribution is 2.52. The van der Waals surface area contributed by atoms with Crippen LogP contribution in [0.15, 0.2) is 474 Å². The highest BCUT2D eigenvalue weighted by Gasteiger charge is 2.37. The summed E-state index contributed by atoms with van der Waals surface area (Å²) in [6, 6.07) is 161. The van der Waals surface area contributed by atoms with Crippen LogP contribution in [0.3, 0.4) is 0 Å². The average Bonchev–Trinajstić information content (AvgIpc) is 1.56. The van der Waals surface area contributed by atoms with E-state index in [2.05, 4.69) is 420 Å². The zero-order valence-electron chi connectivity index (χ0n) is 77.1. The van der Waals surface area contributed by atoms with Crippen LogP contribution in [-0.4, -0.2) is 48.2 Å². The van der Waals surface area contributed by atoms with Crippen LogP contribution < -0.4 is 0 Å². The monoisotopic (exact) mass is 1820 g/mol. The quantitative estimate of drug-likeness (QED) is 0.124. The summed E-state index contributed by atoms with van der Waals surface area (Å²) in [5, 5.41) is 16.0. The third-order valence-electron chi connectivity index (χ3n) is 28.6. The minimum Gasteiger partial charge on any atom is -0.456 e. The van der Waals surface area contributed by atoms with Gasteiger partial charge in [-0.1, -0.05) is 317 Å². The Balaban J connectivity index is 0.000000104. The molecule has 0 fully saturated rings. The molecular weight excluding hydrogens is 1740 g/mol. The van der Waals surface area contributed by atoms with Crippen molar-refractivity contribution in [3.63, 3.8) is 0 Å². The molecule has 0 saturated carbocycles. The maximum Gasteiger partial charge on any atom is 0.235 e. The van der Waals surface area contributed by atoms with Gasteiger partial charge in [-0.15, -0.1) is 0 Å². The summed E-state index contributed by atoms with van der Waals surface area (Å²) >= 11 is 0. The molecule has 13 heteroatoms. The molecule has 142 heavy (non-hydrogen) atoms. The van der Waals surface area contributed by atoms with E-state index in [1.165, 1.54) is 65.7 Å². The SMILES string of the molecule is CC1(C)c2ccccc2-c2cc3c(cc21)c1ccccc1n3-c1nc(-c2ccccc2)cc(-c2ccc3oc4ccccc4c3c2)n1.c1ccc(-c2cc(-c3ccc4c(c3)oc3ccccc34)nc(-n3c4ccccc4c4cc5c(cc43)c3ccccc3n5-c3ccccc3)n2)cc1.c1ccc(-c2cccc(-c3cc(-n4c5ccccc5c5ccccc54)nc(-c4ccc5oc6ccccc6c5c4)n3)c2)cc1. The van der Waals surface area contributed by atoms with Crippen LogP contribution >= 0.6 is 0 Å². The number of furan rings is 3. The second-order valence-electron chi connectivity index (χ2n) is 37.2. The molecule has 10 heterocycles. The average molecular weight is 1820 g/mol. The highest BCUT2D eigenvalue weighted by atomic mass is 16.3. The lowest BCUT2D eigenvalue weighted by Gasteiger charge is -2.21. The van der Waals surface area contributed by atoms with Crippen LogP contribution in [0.2, 0.25) is 0 Å². The van der Waals surface area contributed by atoms with E-state index >= 15 is 0 Å². The molecule has 0 spiro atoms. The molecular formula is C129H82N10O3. The Bertz CT molecular complexity index is 10100. The van der Waals surface area contributed by atoms with Crippen molar-refractivity contribution in [2.24, 2.45) is 0 Å². The van der Waals surface area contributed by atoms with Crippen molar-refractivity contribution in [3.05, 3.63) is 472 Å². The molecule has 19 aromatic carbocycles. The summed E-state index contributed by atoms with van der Waals surface area (Å²) < 4.78 is 27.7. The largest absolute Gasteiger partial charge is 0.456 e. The smallest absolute Gasteiger partial charge is 0.235 e. The van der Waals surface area contributed by atoms with Crippen molar-refractivity contribution in [1.29, 1.82) is 0 Å². The van der Waals surface area contributed by atoms with Crippen LogP contribution in [0.25, 0.3) is 266 Å². The normalized spacial score (nSPS) is 12.4. The first-order valence-electron chi connectivity index (χ1n) is 48.0. The molecule has 29 aromatic rings. The van der Waals surface area contributed by atoms with Crippen molar-refractivity contribution in [2.45, 2.75) is 19.3 Å². The Hall–Kier alpha value is -19.0. The fourth-order valence-electron chi connectivity index (χ4n) is 21.9. The molecule has 1 aliphatic rings. The number of fused-ring (bicyclic) bond motifs is 24. The van der Waals surface area contributed by atoms with Crippen LogP contribution in [0.5, 0.6) is 0 Å². The van der Waals surface area contributed by atoms with E-state index in [9.17, 15) is 0 Å². The Morgan fingerprint density at radius 3 is 1.09 bits per heavy atom. The molecule has 0 bridgehead atoms. The number of nitrogens with zero attached hydrogens (tertiary/aromatic N) is 10. The van der Waals surface area contributed by atoms with Crippen LogP contribution in [0.4, 0.5) is 0 Å². The number of para-hydroxylation sites is 9. The maximum atomic E-state index is 6.31. The Morgan fingerprint density at radius 2 is 0.542 bits per heavy atom. The zero-order valence-corrected chi connectivity index (χ0v) is 77.1. The first-order valence-corrected chi connectivity index (χ1v) is 48.0. The second kappa shape index (κ2) is 32.6. The van der Waals surface area contributed by atoms with E-state index < -0.39 is 0 Å². The minimum atomic E-state index is -0.0872. The number of aromatic nitrogens is 10. The second-order valence-corrected chi connectivity index (χ2v) is 37.2. The van der Waals surface area contributed by atoms with E-state index in [1.54, 1.807) is 0 Å². The summed E-state index contributed by atoms with van der Waals surface area (Å²) in [4.78, 5) is 31.7. The Morgan fingerprint density at radius 1 is 0.183 bits per heavy atom. The van der Waals surface area contributed by atoms with Gasteiger partial charge in [0.05, 0.1) is 72.6 Å². The van der Waals surface area contributed by atoms with Gasteiger partial charge in [0, 0.05) is 126 Å². The van der Waals surface area contributed by atoms with Gasteiger partial charge in [0.25, 0.3) is 0 Å². The van der Waals surface area contributed by atoms with Crippen molar-refractivity contribution < 1.29 is 13.3 Å². The summed E-state index contributed by atoms with van der Waals surface area (Å²) in [7, 11) is 0. The topological polar surface area (TPSA) is 136 Å². The third-order valence-corrected chi connectivity index (χ3v) is 28.6. The zero-order chi connectivity index (χ0) is 93.8. The fraction of sp³-hybridized carbons (Fsp3) is 0.0233. The molecule has 0 N–H and O–H groups in total. The predicted molar refractivity (Wildman–Crippen MR) is 581 cm³/mol. The molecule has 0 saturated heterocycles. The van der Waals surface area contributed by atoms with Crippen LogP contribution in [0, 0.1) is 0 Å². The van der Waals surface area contributed by atoms with Gasteiger partial charge in [-0.25, -0.2) is 29.9 Å². The first-order chi connectivity index (χ1) is 70.1. The van der Waals surface area contributed by atoms with Crippen molar-refractivity contribution in [3.8, 4) is 113 Å². The van der Waals surface area contributed by atoms with Gasteiger partial charge in [-0.2, -0.15) is 0 Å². The van der Waals surface area contributed by atoms with Gasteiger partial charge in [-0.3, -0.25) is 13.7 Å². The lowest BCUT2D eigenvalue weighted by Crippen LogP contribution is -2.14. The van der Waals surface area contributed by atoms with Gasteiger partial charge in [0.15, 0.2) is 5.82 Å². The van der Waals surface area contributed by atoms with E-state index in [4.69, 9.17) is 43.2 Å². The third kappa shape index (κ3) is 13.4. The highest BCUT2D eigenvalue weighted by molar-refractivity contribution is 6.20. The van der Waals surface area contributed by atoms with Gasteiger partial charge < -0.3 is 17.8 Å². The van der Waals surface area contributed by atoms with Gasteiger partial charge in [-0.05, 0) is 185 Å². The minimum absolute atomic E-state index is 0.0872. The maximum absolute atomic E-state index is 6.31. The van der Waals surface area contributed by atoms with Crippen molar-refractivity contribution in [2.75, 3.05) is 0 Å². The summed E-state index contributed by atoms with van der Waals surface area (Å²) in [5.74, 6) is 2.75. The predicted octanol–water partition coefficient (Wildman–Crippen LogP) is 33.5. The molecule has 13 nitrogen and oxygen atoms in total. The van der Waals surface area contributed by atoms with Crippen molar-refractivity contribution >= 4 is 153 Å². The number of benzene rings is 19. The number of hydrogen-bond donors (Lipinski definition) is 0. The Labute approximate surface area is 813 Å². The lowest BCUT2D eigenvalue weighted by molar-refractivity contribution is 0.661. The molecule has 30 rings (SSSR count). The molecule has 666 valence electrons. The van der Waals surface area contributed by atoms with E-state index in [1.807, 2.05) is 72.8 Å². The number of rotatable bonds is 11. The lowest BCUT2D eigenvalue weighted by atomic mass is 9.82. The summed E-state index contributed by atoms with van der Waals surface area (Å²) in [6.07, 6.45) is 0. The van der Waals surface area contributed by atoms with Crippen molar-refractivity contribution in [1.82, 2.24) is 48.2 Å². The molecule has 1 aliphatic carbocycles. The molecule has 0 aliphatic heterocycles. The summed E-state index contributed by atoms with van der Waals surface area (Å²) in [6.45, 7) is 4.67. The van der Waals surface area contributed by atoms with E-state index in [0.717, 1.165) is 194 Å². The molecule has 10 aromatic heterocycles. The summed E-state index contributed by atoms with van der Waals surface area (Å²) in [5.41, 5.74) is 33.0. The molecule has 0 radical (unpaired) electrons. The standard InChI is InChI=1S/C46H28N4O.C43H29N3O.C40H25N3O/c1-3-13-29(14-4-1)38-28-39(30-23-24-35-34-19-9-12-22-44(34)51-45(35)25-30)48-46(47-38)50-41-21-11-8-18-33(41)37-26-42-36(27-43(37)50)32-17-7-10-20-40(32)49(42)31-15-5-2-6-16-31;1-43(2)34-17-9-6-14-28(34)31-24-39-32(23-35(31)43)29-15-7-10-18-38(29)46(39)42-44-36(26-12-4-3-5-13-26)25-37(45-42)27-20-21-41-33(22-27)30-16-8-11-19-40(30)47-41;1-2-11-26(12-3-1)27-13-10-14-28(23-27)34-25-39(43-35-18-7-4-15-30(35)31-16-5-8-19-36(31)43)42-40(41-34)29-21-22-38-33(24-29)32-17-6-9-20-37(32)44-38/h1-28H;3-25H,1-2H3;1-25H. The Kier molecular flexibility index (Phi) is 18.7. The van der Waals surface area contributed by atoms with Crippen LogP contribution in [-0.2, 0) is 5.41 Å². The van der Waals surface area contributed by atoms with Gasteiger partial charge >= 0.3 is 0 Å². The fourth-order valence-corrected chi connectivity index (χ4v) is 21.9. The molecule has 0 atom stereocenters. The van der Waals surface area contributed by atoms with E-state index in [0.29, 0.717) is 17.7 Å². The van der Waals surface area contributed by atoms with Gasteiger partial charge in [0.2, 0.25) is 11.9 Å². The molecule has 0 amide bonds. The van der Waals surface area contributed by atoms with E-state index in [-0.39, 0.29) is 5.41 Å². The molecule has 0 unspecified atom stereocenters. The van der Waals surface area contributed by atoms with Crippen LogP contribution in [0.1, 0.15) is 25.0 Å². The first kappa shape index (κ1) is 81.4.